The van der Waals surface area contributed by atoms with Crippen LogP contribution in [0.25, 0.3) is 0 Å². The lowest BCUT2D eigenvalue weighted by Crippen LogP contribution is -2.40. The van der Waals surface area contributed by atoms with Crippen molar-refractivity contribution in [2.75, 3.05) is 32.8 Å². The molecule has 0 radical (unpaired) electrons. The van der Waals surface area contributed by atoms with Crippen LogP contribution in [0.4, 0.5) is 0 Å². The van der Waals surface area contributed by atoms with Gasteiger partial charge in [0.1, 0.15) is 6.61 Å². The molecular weight excluding hydrogens is 508 g/mol. The maximum absolute atomic E-state index is 14.1. The lowest BCUT2D eigenvalue weighted by Gasteiger charge is -2.33. The second-order valence-corrected chi connectivity index (χ2v) is 10.0. The molecular formula is C31H34N4O5. The molecule has 208 valence electrons. The summed E-state index contributed by atoms with van der Waals surface area (Å²) in [5, 5.41) is 22.0. The number of dihydropyridines is 1. The molecule has 4 rings (SSSR count). The Morgan fingerprint density at radius 2 is 1.75 bits per heavy atom. The Labute approximate surface area is 234 Å². The van der Waals surface area contributed by atoms with E-state index in [0.29, 0.717) is 42.2 Å². The predicted molar refractivity (Wildman–Crippen MR) is 149 cm³/mol. The molecule has 2 aliphatic rings. The number of allylic oxidation sites excluding steroid dienone is 2. The number of carbonyl (C=O) groups is 3. The minimum Gasteiger partial charge on any atom is -0.478 e. The zero-order valence-electron chi connectivity index (χ0n) is 22.9. The third kappa shape index (κ3) is 6.58. The Morgan fingerprint density at radius 3 is 2.48 bits per heavy atom. The largest absolute Gasteiger partial charge is 0.478 e. The van der Waals surface area contributed by atoms with Crippen LogP contribution in [-0.2, 0) is 20.9 Å². The Morgan fingerprint density at radius 1 is 1.00 bits per heavy atom. The quantitative estimate of drug-likeness (QED) is 0.381. The van der Waals surface area contributed by atoms with Gasteiger partial charge in [0.05, 0.1) is 29.5 Å². The van der Waals surface area contributed by atoms with Gasteiger partial charge in [0.25, 0.3) is 5.91 Å². The highest BCUT2D eigenvalue weighted by Gasteiger charge is 2.38. The third-order valence-corrected chi connectivity index (χ3v) is 7.25. The molecule has 0 spiro atoms. The average Bonchev–Trinajstić information content (AvgIpc) is 3.18. The van der Waals surface area contributed by atoms with E-state index in [2.05, 4.69) is 22.3 Å². The number of ether oxygens (including phenoxy) is 1. The van der Waals surface area contributed by atoms with E-state index < -0.39 is 17.9 Å². The number of nitrogens with zero attached hydrogens (tertiary/aromatic N) is 3. The normalized spacial score (nSPS) is 18.0. The molecule has 0 aromatic heterocycles. The van der Waals surface area contributed by atoms with E-state index in [9.17, 15) is 19.5 Å². The van der Waals surface area contributed by atoms with Crippen LogP contribution in [0.1, 0.15) is 54.1 Å². The van der Waals surface area contributed by atoms with Crippen molar-refractivity contribution in [3.05, 3.63) is 93.8 Å². The summed E-state index contributed by atoms with van der Waals surface area (Å²) in [7, 11) is 0. The fourth-order valence-corrected chi connectivity index (χ4v) is 5.36. The molecule has 40 heavy (non-hydrogen) atoms. The van der Waals surface area contributed by atoms with Crippen molar-refractivity contribution in [1.82, 2.24) is 15.1 Å². The second kappa shape index (κ2) is 13.1. The number of amides is 1. The summed E-state index contributed by atoms with van der Waals surface area (Å²) in [6.07, 6.45) is 0.873. The molecule has 1 unspecified atom stereocenters. The van der Waals surface area contributed by atoms with Crippen LogP contribution in [0.5, 0.6) is 0 Å². The molecule has 2 N–H and O–H groups in total. The van der Waals surface area contributed by atoms with E-state index in [1.54, 1.807) is 43.0 Å². The highest BCUT2D eigenvalue weighted by Crippen LogP contribution is 2.39. The number of nitriles is 1. The fraction of sp³-hybridized carbons (Fsp3) is 0.355. The maximum Gasteiger partial charge on any atom is 0.338 e. The number of carboxylic acids is 1. The summed E-state index contributed by atoms with van der Waals surface area (Å²) in [5.74, 6) is -2.84. The van der Waals surface area contributed by atoms with E-state index in [1.165, 1.54) is 5.56 Å². The number of carbonyl (C=O) groups excluding carboxylic acids is 2. The Hall–Kier alpha value is -4.42. The number of hydrogen-bond donors (Lipinski definition) is 2. The van der Waals surface area contributed by atoms with E-state index in [-0.39, 0.29) is 30.1 Å². The first-order valence-corrected chi connectivity index (χ1v) is 13.4. The van der Waals surface area contributed by atoms with E-state index in [4.69, 9.17) is 10.00 Å². The predicted octanol–water partition coefficient (Wildman–Crippen LogP) is 3.81. The van der Waals surface area contributed by atoms with Gasteiger partial charge in [-0.05, 0) is 43.5 Å². The number of carboxylic acid groups (broad SMARTS) is 1. The number of nitrogens with one attached hydrogen (secondary N) is 1. The van der Waals surface area contributed by atoms with Crippen LogP contribution >= 0.6 is 0 Å². The van der Waals surface area contributed by atoms with Crippen LogP contribution in [0.2, 0.25) is 0 Å². The molecule has 2 heterocycles. The molecule has 1 atom stereocenters. The van der Waals surface area contributed by atoms with Gasteiger partial charge < -0.3 is 20.1 Å². The Balaban J connectivity index is 1.61. The number of hydrogen-bond acceptors (Lipinski definition) is 7. The van der Waals surface area contributed by atoms with Crippen molar-refractivity contribution < 1.29 is 24.2 Å². The van der Waals surface area contributed by atoms with Gasteiger partial charge >= 0.3 is 11.9 Å². The van der Waals surface area contributed by atoms with Gasteiger partial charge in [-0.2, -0.15) is 5.26 Å². The van der Waals surface area contributed by atoms with Crippen molar-refractivity contribution in [2.24, 2.45) is 0 Å². The maximum atomic E-state index is 14.1. The van der Waals surface area contributed by atoms with Crippen molar-refractivity contribution in [3.63, 3.8) is 0 Å². The summed E-state index contributed by atoms with van der Waals surface area (Å²) in [4.78, 5) is 43.3. The van der Waals surface area contributed by atoms with Gasteiger partial charge in [-0.15, -0.1) is 0 Å². The fourth-order valence-electron chi connectivity index (χ4n) is 5.36. The highest BCUT2D eigenvalue weighted by molar-refractivity contribution is 6.02. The van der Waals surface area contributed by atoms with Crippen molar-refractivity contribution in [2.45, 2.75) is 39.2 Å². The van der Waals surface area contributed by atoms with Crippen molar-refractivity contribution >= 4 is 17.8 Å². The highest BCUT2D eigenvalue weighted by atomic mass is 16.5. The van der Waals surface area contributed by atoms with Crippen LogP contribution in [0.3, 0.4) is 0 Å². The van der Waals surface area contributed by atoms with Crippen molar-refractivity contribution in [3.8, 4) is 6.07 Å². The van der Waals surface area contributed by atoms with E-state index in [1.807, 2.05) is 24.3 Å². The summed E-state index contributed by atoms with van der Waals surface area (Å²) in [5.41, 5.74) is 3.40. The molecule has 1 amide bonds. The molecule has 9 heteroatoms. The Bertz CT molecular complexity index is 1380. The molecule has 9 nitrogen and oxygen atoms in total. The molecule has 1 fully saturated rings. The molecule has 0 bridgehead atoms. The molecule has 0 aliphatic carbocycles. The van der Waals surface area contributed by atoms with E-state index >= 15 is 0 Å². The van der Waals surface area contributed by atoms with Gasteiger partial charge in [0.15, 0.2) is 0 Å². The summed E-state index contributed by atoms with van der Waals surface area (Å²) in [6, 6.07) is 18.7. The topological polar surface area (TPSA) is 123 Å². The SMILES string of the molecule is CC1=C(C(=O)O)C(c2cccc(C(=O)OCCC#N)c2)C(C(=O)N2CCCN(Cc3ccccc3)CC2)=C(C)N1. The smallest absolute Gasteiger partial charge is 0.338 e. The zero-order valence-corrected chi connectivity index (χ0v) is 22.9. The third-order valence-electron chi connectivity index (χ3n) is 7.25. The van der Waals surface area contributed by atoms with Crippen LogP contribution in [0.15, 0.2) is 77.1 Å². The van der Waals surface area contributed by atoms with Crippen LogP contribution in [0, 0.1) is 11.3 Å². The number of aliphatic carboxylic acids is 1. The number of benzene rings is 2. The van der Waals surface area contributed by atoms with E-state index in [0.717, 1.165) is 19.5 Å². The number of esters is 1. The minimum atomic E-state index is -1.14. The molecule has 2 aromatic carbocycles. The molecule has 1 saturated heterocycles. The molecule has 2 aliphatic heterocycles. The number of rotatable bonds is 8. The average molecular weight is 543 g/mol. The molecule has 2 aromatic rings. The lowest BCUT2D eigenvalue weighted by atomic mass is 9.79. The first-order valence-electron chi connectivity index (χ1n) is 13.4. The van der Waals surface area contributed by atoms with Gasteiger partial charge in [0.2, 0.25) is 0 Å². The lowest BCUT2D eigenvalue weighted by molar-refractivity contribution is -0.133. The summed E-state index contributed by atoms with van der Waals surface area (Å²) < 4.78 is 5.17. The standard InChI is InChI=1S/C31H34N4O5/c1-21-26(29(36)35-15-8-14-34(16-17-35)20-23-9-4-3-5-10-23)28(27(30(37)38)22(2)33-21)24-11-6-12-25(19-24)31(39)40-18-7-13-32/h3-6,9-12,19,28,33H,7-8,14-18,20H2,1-2H3,(H,37,38). The van der Waals surface area contributed by atoms with Gasteiger partial charge in [-0.25, -0.2) is 9.59 Å². The second-order valence-electron chi connectivity index (χ2n) is 10.0. The van der Waals surface area contributed by atoms with Gasteiger partial charge in [0, 0.05) is 49.7 Å². The van der Waals surface area contributed by atoms with Crippen LogP contribution < -0.4 is 5.32 Å². The van der Waals surface area contributed by atoms with Crippen molar-refractivity contribution in [1.29, 1.82) is 5.26 Å². The zero-order chi connectivity index (χ0) is 28.6. The minimum absolute atomic E-state index is 0.0364. The van der Waals surface area contributed by atoms with Gasteiger partial charge in [-0.1, -0.05) is 42.5 Å². The molecule has 0 saturated carbocycles. The monoisotopic (exact) mass is 542 g/mol. The first-order chi connectivity index (χ1) is 19.3. The van der Waals surface area contributed by atoms with Gasteiger partial charge in [-0.3, -0.25) is 9.69 Å². The first kappa shape index (κ1) is 28.6. The summed E-state index contributed by atoms with van der Waals surface area (Å²) >= 11 is 0. The van der Waals surface area contributed by atoms with Crippen LogP contribution in [-0.4, -0.2) is 65.5 Å². The summed E-state index contributed by atoms with van der Waals surface area (Å²) in [6.45, 7) is 6.86. The Kier molecular flexibility index (Phi) is 9.35.